The smallest absolute Gasteiger partial charge is 0.243 e. The molecular weight excluding hydrogens is 455 g/mol. The van der Waals surface area contributed by atoms with Gasteiger partial charge in [-0.2, -0.15) is 4.31 Å². The zero-order valence-electron chi connectivity index (χ0n) is 17.7. The first kappa shape index (κ1) is 23.2. The zero-order valence-corrected chi connectivity index (χ0v) is 19.2. The van der Waals surface area contributed by atoms with E-state index in [0.717, 1.165) is 17.7 Å². The fourth-order valence-electron chi connectivity index (χ4n) is 4.51. The summed E-state index contributed by atoms with van der Waals surface area (Å²) in [6, 6.07) is 12.2. The standard InChI is InChI=1S/C23H26ClFN2O4S/c24-19-4-2-18(3-5-19)23(10-16-31-17-11-23)22(28)26-12-1-13-27(15-14-26)32(29,30)21-8-6-20(25)7-9-21/h2-9H,1,10-17H2. The van der Waals surface area contributed by atoms with Crippen molar-refractivity contribution in [2.45, 2.75) is 29.6 Å². The van der Waals surface area contributed by atoms with Crippen molar-refractivity contribution >= 4 is 27.5 Å². The Labute approximate surface area is 193 Å². The number of ether oxygens (including phenoxy) is 1. The van der Waals surface area contributed by atoms with Crippen LogP contribution in [0.2, 0.25) is 5.02 Å². The predicted molar refractivity (Wildman–Crippen MR) is 120 cm³/mol. The number of carbonyl (C=O) groups is 1. The lowest BCUT2D eigenvalue weighted by molar-refractivity contribution is -0.141. The maximum Gasteiger partial charge on any atom is 0.243 e. The molecule has 0 radical (unpaired) electrons. The highest BCUT2D eigenvalue weighted by Gasteiger charge is 2.44. The van der Waals surface area contributed by atoms with Gasteiger partial charge < -0.3 is 9.64 Å². The molecular formula is C23H26ClFN2O4S. The molecule has 4 rings (SSSR count). The van der Waals surface area contributed by atoms with Crippen LogP contribution in [-0.4, -0.2) is 62.9 Å². The Morgan fingerprint density at radius 2 is 1.59 bits per heavy atom. The number of carbonyl (C=O) groups excluding carboxylic acids is 1. The lowest BCUT2D eigenvalue weighted by atomic mass is 9.73. The molecule has 2 heterocycles. The molecule has 2 aromatic rings. The summed E-state index contributed by atoms with van der Waals surface area (Å²) >= 11 is 6.06. The van der Waals surface area contributed by atoms with Crippen LogP contribution < -0.4 is 0 Å². The third-order valence-corrected chi connectivity index (χ3v) is 8.51. The van der Waals surface area contributed by atoms with Gasteiger partial charge in [0.05, 0.1) is 10.3 Å². The van der Waals surface area contributed by atoms with E-state index in [9.17, 15) is 17.6 Å². The molecule has 0 unspecified atom stereocenters. The molecule has 0 aliphatic carbocycles. The van der Waals surface area contributed by atoms with E-state index < -0.39 is 21.3 Å². The van der Waals surface area contributed by atoms with Crippen LogP contribution in [-0.2, 0) is 25.0 Å². The van der Waals surface area contributed by atoms with Crippen LogP contribution >= 0.6 is 11.6 Å². The monoisotopic (exact) mass is 480 g/mol. The van der Waals surface area contributed by atoms with E-state index in [1.54, 1.807) is 17.0 Å². The number of hydrogen-bond acceptors (Lipinski definition) is 4. The Morgan fingerprint density at radius 3 is 2.25 bits per heavy atom. The van der Waals surface area contributed by atoms with E-state index in [0.29, 0.717) is 57.1 Å². The highest BCUT2D eigenvalue weighted by molar-refractivity contribution is 7.89. The minimum absolute atomic E-state index is 0.00384. The fourth-order valence-corrected chi connectivity index (χ4v) is 6.11. The minimum Gasteiger partial charge on any atom is -0.381 e. The zero-order chi connectivity index (χ0) is 22.8. The van der Waals surface area contributed by atoms with Gasteiger partial charge in [0.1, 0.15) is 5.82 Å². The summed E-state index contributed by atoms with van der Waals surface area (Å²) in [5.41, 5.74) is 0.212. The molecule has 0 aromatic heterocycles. The molecule has 0 bridgehead atoms. The second kappa shape index (κ2) is 9.47. The summed E-state index contributed by atoms with van der Waals surface area (Å²) in [4.78, 5) is 15.6. The minimum atomic E-state index is -3.75. The highest BCUT2D eigenvalue weighted by atomic mass is 35.5. The quantitative estimate of drug-likeness (QED) is 0.672. The largest absolute Gasteiger partial charge is 0.381 e. The molecule has 9 heteroatoms. The van der Waals surface area contributed by atoms with Crippen molar-refractivity contribution in [3.63, 3.8) is 0 Å². The predicted octanol–water partition coefficient (Wildman–Crippen LogP) is 3.45. The summed E-state index contributed by atoms with van der Waals surface area (Å²) in [6.45, 7) is 2.26. The van der Waals surface area contributed by atoms with Gasteiger partial charge in [0.2, 0.25) is 15.9 Å². The first-order chi connectivity index (χ1) is 15.3. The molecule has 0 atom stereocenters. The lowest BCUT2D eigenvalue weighted by Gasteiger charge is -2.40. The van der Waals surface area contributed by atoms with Gasteiger partial charge in [-0.05, 0) is 61.2 Å². The van der Waals surface area contributed by atoms with Crippen LogP contribution in [0.25, 0.3) is 0 Å². The van der Waals surface area contributed by atoms with Gasteiger partial charge in [0.25, 0.3) is 0 Å². The number of hydrogen-bond donors (Lipinski definition) is 0. The third kappa shape index (κ3) is 4.55. The van der Waals surface area contributed by atoms with E-state index in [1.165, 1.54) is 16.4 Å². The van der Waals surface area contributed by atoms with Gasteiger partial charge in [-0.25, -0.2) is 12.8 Å². The van der Waals surface area contributed by atoms with E-state index >= 15 is 0 Å². The van der Waals surface area contributed by atoms with E-state index in [-0.39, 0.29) is 17.3 Å². The molecule has 32 heavy (non-hydrogen) atoms. The van der Waals surface area contributed by atoms with Crippen LogP contribution in [0.3, 0.4) is 0 Å². The van der Waals surface area contributed by atoms with Crippen molar-refractivity contribution in [3.8, 4) is 0 Å². The Kier molecular flexibility index (Phi) is 6.86. The molecule has 2 saturated heterocycles. The molecule has 0 spiro atoms. The molecule has 2 fully saturated rings. The van der Waals surface area contributed by atoms with Gasteiger partial charge in [-0.15, -0.1) is 0 Å². The normalized spacial score (nSPS) is 20.0. The summed E-state index contributed by atoms with van der Waals surface area (Å²) in [7, 11) is -3.75. The fraction of sp³-hybridized carbons (Fsp3) is 0.435. The number of nitrogens with zero attached hydrogens (tertiary/aromatic N) is 2. The Hall–Kier alpha value is -2.00. The number of benzene rings is 2. The number of rotatable bonds is 4. The highest BCUT2D eigenvalue weighted by Crippen LogP contribution is 2.37. The average Bonchev–Trinajstić information content (AvgIpc) is 3.07. The van der Waals surface area contributed by atoms with Crippen LogP contribution in [0.15, 0.2) is 53.4 Å². The number of amides is 1. The van der Waals surface area contributed by atoms with E-state index in [1.807, 2.05) is 12.1 Å². The van der Waals surface area contributed by atoms with Gasteiger partial charge in [-0.1, -0.05) is 23.7 Å². The van der Waals surface area contributed by atoms with Crippen molar-refractivity contribution in [2.24, 2.45) is 0 Å². The molecule has 172 valence electrons. The maximum absolute atomic E-state index is 13.8. The summed E-state index contributed by atoms with van der Waals surface area (Å²) in [5.74, 6) is -0.482. The molecule has 0 N–H and O–H groups in total. The molecule has 0 saturated carbocycles. The van der Waals surface area contributed by atoms with Crippen LogP contribution in [0, 0.1) is 5.82 Å². The molecule has 2 aliphatic rings. The van der Waals surface area contributed by atoms with Crippen LogP contribution in [0.4, 0.5) is 4.39 Å². The van der Waals surface area contributed by atoms with Crippen LogP contribution in [0.1, 0.15) is 24.8 Å². The molecule has 1 amide bonds. The van der Waals surface area contributed by atoms with Crippen molar-refractivity contribution in [1.82, 2.24) is 9.21 Å². The third-order valence-electron chi connectivity index (χ3n) is 6.35. The number of sulfonamides is 1. The average molecular weight is 481 g/mol. The summed E-state index contributed by atoms with van der Waals surface area (Å²) in [6.07, 6.45) is 1.67. The van der Waals surface area contributed by atoms with Gasteiger partial charge in [0, 0.05) is 44.4 Å². The van der Waals surface area contributed by atoms with Crippen molar-refractivity contribution in [2.75, 3.05) is 39.4 Å². The first-order valence-electron chi connectivity index (χ1n) is 10.7. The van der Waals surface area contributed by atoms with Crippen molar-refractivity contribution < 1.29 is 22.3 Å². The Bertz CT molecular complexity index is 1050. The second-order valence-electron chi connectivity index (χ2n) is 8.21. The van der Waals surface area contributed by atoms with Gasteiger partial charge in [0.15, 0.2) is 0 Å². The Balaban J connectivity index is 1.54. The lowest BCUT2D eigenvalue weighted by Crippen LogP contribution is -2.51. The van der Waals surface area contributed by atoms with E-state index in [4.69, 9.17) is 16.3 Å². The second-order valence-corrected chi connectivity index (χ2v) is 10.6. The van der Waals surface area contributed by atoms with E-state index in [2.05, 4.69) is 0 Å². The van der Waals surface area contributed by atoms with Gasteiger partial charge >= 0.3 is 0 Å². The van der Waals surface area contributed by atoms with Gasteiger partial charge in [-0.3, -0.25) is 4.79 Å². The summed E-state index contributed by atoms with van der Waals surface area (Å²) in [5, 5.41) is 0.611. The maximum atomic E-state index is 13.8. The summed E-state index contributed by atoms with van der Waals surface area (Å²) < 4.78 is 46.2. The van der Waals surface area contributed by atoms with Crippen molar-refractivity contribution in [3.05, 3.63) is 64.9 Å². The first-order valence-corrected chi connectivity index (χ1v) is 12.5. The SMILES string of the molecule is O=C(N1CCCN(S(=O)(=O)c2ccc(F)cc2)CC1)C1(c2ccc(Cl)cc2)CCOCC1. The molecule has 2 aliphatic heterocycles. The topological polar surface area (TPSA) is 66.9 Å². The van der Waals surface area contributed by atoms with Crippen LogP contribution in [0.5, 0.6) is 0 Å². The van der Waals surface area contributed by atoms with Crippen molar-refractivity contribution in [1.29, 1.82) is 0 Å². The Morgan fingerprint density at radius 1 is 0.938 bits per heavy atom. The molecule has 6 nitrogen and oxygen atoms in total. The number of halogens is 2. The molecule has 2 aromatic carbocycles.